The second-order valence-electron chi connectivity index (χ2n) is 8.05. The summed E-state index contributed by atoms with van der Waals surface area (Å²) in [4.78, 5) is 0. The highest BCUT2D eigenvalue weighted by Crippen LogP contribution is 2.39. The standard InChI is InChI=1S/C20H33N/c1-16(18-8-6-5-7-9-18)14-21-15-17-10-12-19(13-11-17)20(2,3)4/h5-9,16-17,19,21H,10-15H2,1-4H3. The molecule has 0 radical (unpaired) electrons. The van der Waals surface area contributed by atoms with Gasteiger partial charge in [-0.25, -0.2) is 0 Å². The molecule has 0 saturated heterocycles. The van der Waals surface area contributed by atoms with Crippen LogP contribution >= 0.6 is 0 Å². The lowest BCUT2D eigenvalue weighted by molar-refractivity contribution is 0.149. The molecule has 0 amide bonds. The van der Waals surface area contributed by atoms with E-state index in [1.54, 1.807) is 0 Å². The Morgan fingerprint density at radius 3 is 2.24 bits per heavy atom. The van der Waals surface area contributed by atoms with E-state index in [-0.39, 0.29) is 0 Å². The van der Waals surface area contributed by atoms with Crippen molar-refractivity contribution in [2.24, 2.45) is 17.3 Å². The lowest BCUT2D eigenvalue weighted by Gasteiger charge is -2.37. The van der Waals surface area contributed by atoms with Gasteiger partial charge in [0.25, 0.3) is 0 Å². The summed E-state index contributed by atoms with van der Waals surface area (Å²) in [5.74, 6) is 2.43. The number of benzene rings is 1. The summed E-state index contributed by atoms with van der Waals surface area (Å²) in [6.45, 7) is 11.8. The molecule has 1 N–H and O–H groups in total. The Morgan fingerprint density at radius 2 is 1.67 bits per heavy atom. The SMILES string of the molecule is CC(CNCC1CCC(C(C)(C)C)CC1)c1ccccc1. The van der Waals surface area contributed by atoms with Crippen LogP contribution in [0.4, 0.5) is 0 Å². The Labute approximate surface area is 131 Å². The lowest BCUT2D eigenvalue weighted by atomic mass is 9.70. The molecule has 1 atom stereocenters. The summed E-state index contributed by atoms with van der Waals surface area (Å²) in [6.07, 6.45) is 5.66. The Bertz CT molecular complexity index is 396. The first-order chi connectivity index (χ1) is 9.97. The van der Waals surface area contributed by atoms with E-state index in [0.29, 0.717) is 11.3 Å². The van der Waals surface area contributed by atoms with Crippen LogP contribution < -0.4 is 5.32 Å². The first kappa shape index (κ1) is 16.5. The van der Waals surface area contributed by atoms with Crippen molar-refractivity contribution in [2.75, 3.05) is 13.1 Å². The van der Waals surface area contributed by atoms with Gasteiger partial charge in [0.05, 0.1) is 0 Å². The fourth-order valence-electron chi connectivity index (χ4n) is 3.64. The van der Waals surface area contributed by atoms with Crippen LogP contribution in [0, 0.1) is 17.3 Å². The molecular weight excluding hydrogens is 254 g/mol. The fourth-order valence-corrected chi connectivity index (χ4v) is 3.64. The molecule has 1 aliphatic rings. The Hall–Kier alpha value is -0.820. The second kappa shape index (κ2) is 7.45. The molecule has 0 bridgehead atoms. The van der Waals surface area contributed by atoms with E-state index < -0.39 is 0 Å². The van der Waals surface area contributed by atoms with Gasteiger partial charge in [0.1, 0.15) is 0 Å². The van der Waals surface area contributed by atoms with Crippen molar-refractivity contribution >= 4 is 0 Å². The third-order valence-corrected chi connectivity index (χ3v) is 5.32. The highest BCUT2D eigenvalue weighted by Gasteiger charge is 2.29. The Kier molecular flexibility index (Phi) is 5.87. The maximum atomic E-state index is 3.71. The van der Waals surface area contributed by atoms with Crippen molar-refractivity contribution in [3.05, 3.63) is 35.9 Å². The topological polar surface area (TPSA) is 12.0 Å². The maximum Gasteiger partial charge on any atom is 0.00176 e. The van der Waals surface area contributed by atoms with E-state index in [2.05, 4.69) is 63.3 Å². The van der Waals surface area contributed by atoms with Crippen LogP contribution in [0.1, 0.15) is 64.9 Å². The van der Waals surface area contributed by atoms with Gasteiger partial charge in [-0.3, -0.25) is 0 Å². The molecule has 0 heterocycles. The summed E-state index contributed by atoms with van der Waals surface area (Å²) in [6, 6.07) is 10.8. The quantitative estimate of drug-likeness (QED) is 0.781. The molecule has 1 saturated carbocycles. The van der Waals surface area contributed by atoms with Crippen molar-refractivity contribution in [1.29, 1.82) is 0 Å². The molecule has 1 heteroatoms. The predicted octanol–water partition coefficient (Wildman–Crippen LogP) is 5.23. The average Bonchev–Trinajstić information content (AvgIpc) is 2.47. The van der Waals surface area contributed by atoms with E-state index in [1.165, 1.54) is 37.8 Å². The summed E-state index contributed by atoms with van der Waals surface area (Å²) in [7, 11) is 0. The van der Waals surface area contributed by atoms with Gasteiger partial charge in [0, 0.05) is 6.54 Å². The van der Waals surface area contributed by atoms with Gasteiger partial charge in [0.2, 0.25) is 0 Å². The fraction of sp³-hybridized carbons (Fsp3) is 0.700. The summed E-state index contributed by atoms with van der Waals surface area (Å²) < 4.78 is 0. The highest BCUT2D eigenvalue weighted by molar-refractivity contribution is 5.18. The van der Waals surface area contributed by atoms with Crippen molar-refractivity contribution in [3.63, 3.8) is 0 Å². The predicted molar refractivity (Wildman–Crippen MR) is 92.6 cm³/mol. The second-order valence-corrected chi connectivity index (χ2v) is 8.05. The van der Waals surface area contributed by atoms with Crippen molar-refractivity contribution in [2.45, 2.75) is 59.3 Å². The van der Waals surface area contributed by atoms with E-state index >= 15 is 0 Å². The molecule has 0 aliphatic heterocycles. The molecule has 1 fully saturated rings. The summed E-state index contributed by atoms with van der Waals surface area (Å²) in [5, 5.41) is 3.71. The van der Waals surface area contributed by atoms with Crippen LogP contribution in [0.25, 0.3) is 0 Å². The lowest BCUT2D eigenvalue weighted by Crippen LogP contribution is -2.32. The number of hydrogen-bond donors (Lipinski definition) is 1. The third-order valence-electron chi connectivity index (χ3n) is 5.32. The summed E-state index contributed by atoms with van der Waals surface area (Å²) >= 11 is 0. The molecule has 0 spiro atoms. The van der Waals surface area contributed by atoms with Crippen molar-refractivity contribution < 1.29 is 0 Å². The minimum Gasteiger partial charge on any atom is -0.316 e. The number of nitrogens with one attached hydrogen (secondary N) is 1. The third kappa shape index (κ3) is 5.14. The van der Waals surface area contributed by atoms with Crippen molar-refractivity contribution in [1.82, 2.24) is 5.32 Å². The van der Waals surface area contributed by atoms with Gasteiger partial charge < -0.3 is 5.32 Å². The molecule has 1 unspecified atom stereocenters. The Balaban J connectivity index is 1.66. The zero-order valence-electron chi connectivity index (χ0n) is 14.4. The number of rotatable bonds is 5. The van der Waals surface area contributed by atoms with Crippen LogP contribution in [-0.2, 0) is 0 Å². The first-order valence-corrected chi connectivity index (χ1v) is 8.72. The van der Waals surface area contributed by atoms with E-state index in [9.17, 15) is 0 Å². The normalized spacial score (nSPS) is 24.8. The van der Waals surface area contributed by atoms with Crippen LogP contribution in [0.5, 0.6) is 0 Å². The minimum atomic E-state index is 0.500. The largest absolute Gasteiger partial charge is 0.316 e. The monoisotopic (exact) mass is 287 g/mol. The van der Waals surface area contributed by atoms with Gasteiger partial charge in [-0.15, -0.1) is 0 Å². The molecule has 1 aromatic rings. The van der Waals surface area contributed by atoms with Crippen LogP contribution in [-0.4, -0.2) is 13.1 Å². The smallest absolute Gasteiger partial charge is 0.00176 e. The first-order valence-electron chi connectivity index (χ1n) is 8.72. The van der Waals surface area contributed by atoms with Crippen LogP contribution in [0.3, 0.4) is 0 Å². The van der Waals surface area contributed by atoms with Crippen molar-refractivity contribution in [3.8, 4) is 0 Å². The Morgan fingerprint density at radius 1 is 1.05 bits per heavy atom. The zero-order valence-corrected chi connectivity index (χ0v) is 14.4. The zero-order chi connectivity index (χ0) is 15.3. The number of hydrogen-bond acceptors (Lipinski definition) is 1. The molecule has 118 valence electrons. The molecule has 1 aliphatic carbocycles. The molecular formula is C20H33N. The van der Waals surface area contributed by atoms with Gasteiger partial charge in [-0.05, 0) is 61.0 Å². The van der Waals surface area contributed by atoms with Gasteiger partial charge >= 0.3 is 0 Å². The van der Waals surface area contributed by atoms with Gasteiger partial charge in [-0.1, -0.05) is 58.0 Å². The van der Waals surface area contributed by atoms with E-state index in [1.807, 2.05) is 0 Å². The minimum absolute atomic E-state index is 0.500. The molecule has 21 heavy (non-hydrogen) atoms. The van der Waals surface area contributed by atoms with E-state index in [0.717, 1.165) is 18.4 Å². The van der Waals surface area contributed by atoms with Gasteiger partial charge in [-0.2, -0.15) is 0 Å². The van der Waals surface area contributed by atoms with Crippen LogP contribution in [0.2, 0.25) is 0 Å². The molecule has 1 nitrogen and oxygen atoms in total. The molecule has 1 aromatic carbocycles. The van der Waals surface area contributed by atoms with Crippen LogP contribution in [0.15, 0.2) is 30.3 Å². The average molecular weight is 287 g/mol. The maximum absolute atomic E-state index is 3.71. The molecule has 0 aromatic heterocycles. The van der Waals surface area contributed by atoms with Gasteiger partial charge in [0.15, 0.2) is 0 Å². The summed E-state index contributed by atoms with van der Waals surface area (Å²) in [5.41, 5.74) is 1.95. The molecule has 2 rings (SSSR count). The highest BCUT2D eigenvalue weighted by atomic mass is 14.9. The van der Waals surface area contributed by atoms with E-state index in [4.69, 9.17) is 0 Å².